The molecule has 0 aliphatic heterocycles. The Labute approximate surface area is 133 Å². The minimum Gasteiger partial charge on any atom is -0.507 e. The zero-order chi connectivity index (χ0) is 15.9. The van der Waals surface area contributed by atoms with Crippen LogP contribution >= 0.6 is 11.6 Å². The van der Waals surface area contributed by atoms with Crippen LogP contribution in [0.5, 0.6) is 11.5 Å². The second kappa shape index (κ2) is 7.47. The van der Waals surface area contributed by atoms with E-state index in [9.17, 15) is 9.90 Å². The second-order valence-corrected chi connectivity index (χ2v) is 4.77. The fourth-order valence-corrected chi connectivity index (χ4v) is 1.97. The highest BCUT2D eigenvalue weighted by atomic mass is 35.5. The smallest absolute Gasteiger partial charge is 0.275 e. The second-order valence-electron chi connectivity index (χ2n) is 4.33. The zero-order valence-corrected chi connectivity index (χ0v) is 12.7. The molecule has 22 heavy (non-hydrogen) atoms. The molecule has 2 aromatic carbocycles. The number of phenolic OH excluding ortho intramolecular Hbond substituents is 1. The number of hydrogen-bond acceptors (Lipinski definition) is 4. The van der Waals surface area contributed by atoms with Crippen molar-refractivity contribution in [3.05, 3.63) is 58.6 Å². The van der Waals surface area contributed by atoms with Crippen LogP contribution in [0, 0.1) is 0 Å². The van der Waals surface area contributed by atoms with Crippen molar-refractivity contribution in [1.82, 2.24) is 5.43 Å². The molecule has 0 aliphatic carbocycles. The lowest BCUT2D eigenvalue weighted by Crippen LogP contribution is -2.18. The number of amides is 1. The summed E-state index contributed by atoms with van der Waals surface area (Å²) in [6, 6.07) is 11.4. The molecule has 0 saturated heterocycles. The summed E-state index contributed by atoms with van der Waals surface area (Å²) in [4.78, 5) is 12.1. The van der Waals surface area contributed by atoms with Crippen LogP contribution in [0.3, 0.4) is 0 Å². The molecule has 0 aromatic heterocycles. The van der Waals surface area contributed by atoms with Crippen LogP contribution in [-0.4, -0.2) is 23.8 Å². The molecular weight excluding hydrogens is 304 g/mol. The number of halogens is 1. The highest BCUT2D eigenvalue weighted by molar-refractivity contribution is 6.30. The van der Waals surface area contributed by atoms with E-state index in [1.165, 1.54) is 12.3 Å². The summed E-state index contributed by atoms with van der Waals surface area (Å²) in [5, 5.41) is 13.9. The third kappa shape index (κ3) is 3.99. The van der Waals surface area contributed by atoms with Gasteiger partial charge in [0.1, 0.15) is 11.5 Å². The third-order valence-corrected chi connectivity index (χ3v) is 3.03. The van der Waals surface area contributed by atoms with Gasteiger partial charge in [-0.25, -0.2) is 5.43 Å². The molecule has 0 spiro atoms. The molecule has 2 N–H and O–H groups in total. The van der Waals surface area contributed by atoms with Gasteiger partial charge in [0.15, 0.2) is 0 Å². The zero-order valence-electron chi connectivity index (χ0n) is 11.9. The molecule has 1 amide bonds. The quantitative estimate of drug-likeness (QED) is 0.657. The number of carbonyl (C=O) groups is 1. The van der Waals surface area contributed by atoms with Crippen molar-refractivity contribution in [2.24, 2.45) is 5.10 Å². The largest absolute Gasteiger partial charge is 0.507 e. The van der Waals surface area contributed by atoms with Gasteiger partial charge in [-0.15, -0.1) is 0 Å². The fourth-order valence-electron chi connectivity index (χ4n) is 1.79. The summed E-state index contributed by atoms with van der Waals surface area (Å²) in [5.41, 5.74) is 3.18. The summed E-state index contributed by atoms with van der Waals surface area (Å²) in [7, 11) is 0. The van der Waals surface area contributed by atoms with E-state index < -0.39 is 5.91 Å². The van der Waals surface area contributed by atoms with Crippen molar-refractivity contribution >= 4 is 23.7 Å². The SMILES string of the molecule is CCOc1ccccc1C(=O)N/N=C/c1cc(Cl)ccc1O. The van der Waals surface area contributed by atoms with Gasteiger partial charge in [0.05, 0.1) is 18.4 Å². The number of nitrogens with one attached hydrogen (secondary N) is 1. The van der Waals surface area contributed by atoms with Gasteiger partial charge in [0, 0.05) is 10.6 Å². The van der Waals surface area contributed by atoms with Crippen LogP contribution in [-0.2, 0) is 0 Å². The lowest BCUT2D eigenvalue weighted by atomic mass is 10.2. The number of rotatable bonds is 5. The maximum Gasteiger partial charge on any atom is 0.275 e. The molecule has 114 valence electrons. The van der Waals surface area contributed by atoms with E-state index >= 15 is 0 Å². The van der Waals surface area contributed by atoms with Crippen LogP contribution in [0.2, 0.25) is 5.02 Å². The number of hydrogen-bond donors (Lipinski definition) is 2. The van der Waals surface area contributed by atoms with Crippen LogP contribution in [0.15, 0.2) is 47.6 Å². The number of phenols is 1. The predicted octanol–water partition coefficient (Wildman–Crippen LogP) is 3.21. The Morgan fingerprint density at radius 1 is 1.36 bits per heavy atom. The first-order valence-corrected chi connectivity index (χ1v) is 7.03. The van der Waals surface area contributed by atoms with Crippen molar-refractivity contribution in [2.45, 2.75) is 6.92 Å². The van der Waals surface area contributed by atoms with Crippen molar-refractivity contribution in [1.29, 1.82) is 0 Å². The van der Waals surface area contributed by atoms with E-state index in [2.05, 4.69) is 10.5 Å². The molecule has 0 unspecified atom stereocenters. The summed E-state index contributed by atoms with van der Waals surface area (Å²) in [6.07, 6.45) is 1.32. The van der Waals surface area contributed by atoms with E-state index in [0.717, 1.165) is 0 Å². The molecule has 2 aromatic rings. The molecule has 5 nitrogen and oxygen atoms in total. The molecule has 0 bridgehead atoms. The summed E-state index contributed by atoms with van der Waals surface area (Å²) < 4.78 is 5.39. The van der Waals surface area contributed by atoms with Gasteiger partial charge in [0.25, 0.3) is 5.91 Å². The summed E-state index contributed by atoms with van der Waals surface area (Å²) >= 11 is 5.83. The average molecular weight is 319 g/mol. The van der Waals surface area contributed by atoms with Crippen molar-refractivity contribution in [3.63, 3.8) is 0 Å². The Kier molecular flexibility index (Phi) is 5.38. The van der Waals surface area contributed by atoms with Gasteiger partial charge < -0.3 is 9.84 Å². The maximum atomic E-state index is 12.1. The topological polar surface area (TPSA) is 70.9 Å². The third-order valence-electron chi connectivity index (χ3n) is 2.79. The Hall–Kier alpha value is -2.53. The van der Waals surface area contributed by atoms with Crippen LogP contribution in [0.1, 0.15) is 22.8 Å². The minimum absolute atomic E-state index is 0.0251. The highest BCUT2D eigenvalue weighted by Crippen LogP contribution is 2.20. The molecule has 0 aliphatic rings. The number of aromatic hydroxyl groups is 1. The Bertz CT molecular complexity index is 702. The first-order chi connectivity index (χ1) is 10.6. The standard InChI is InChI=1S/C16H15ClN2O3/c1-2-22-15-6-4-3-5-13(15)16(21)19-18-10-11-9-12(17)7-8-14(11)20/h3-10,20H,2H2,1H3,(H,19,21)/b18-10+. The first-order valence-electron chi connectivity index (χ1n) is 6.65. The van der Waals surface area contributed by atoms with Crippen LogP contribution in [0.4, 0.5) is 0 Å². The minimum atomic E-state index is -0.401. The number of hydrazone groups is 1. The fraction of sp³-hybridized carbons (Fsp3) is 0.125. The van der Waals surface area contributed by atoms with Crippen LogP contribution in [0.25, 0.3) is 0 Å². The first kappa shape index (κ1) is 15.9. The van der Waals surface area contributed by atoms with E-state index in [1.54, 1.807) is 36.4 Å². The number of nitrogens with zero attached hydrogens (tertiary/aromatic N) is 1. The predicted molar refractivity (Wildman–Crippen MR) is 85.8 cm³/mol. The Morgan fingerprint density at radius 3 is 2.91 bits per heavy atom. The Morgan fingerprint density at radius 2 is 2.14 bits per heavy atom. The summed E-state index contributed by atoms with van der Waals surface area (Å²) in [5.74, 6) is 0.113. The molecule has 0 saturated carbocycles. The number of carbonyl (C=O) groups excluding carboxylic acids is 1. The molecule has 0 atom stereocenters. The van der Waals surface area contributed by atoms with Gasteiger partial charge in [0.2, 0.25) is 0 Å². The molecule has 0 radical (unpaired) electrons. The molecule has 6 heteroatoms. The lowest BCUT2D eigenvalue weighted by molar-refractivity contribution is 0.0951. The summed E-state index contributed by atoms with van der Waals surface area (Å²) in [6.45, 7) is 2.30. The number of ether oxygens (including phenoxy) is 1. The highest BCUT2D eigenvalue weighted by Gasteiger charge is 2.10. The Balaban J connectivity index is 2.10. The van der Waals surface area contributed by atoms with Crippen molar-refractivity contribution in [3.8, 4) is 11.5 Å². The van der Waals surface area contributed by atoms with E-state index in [-0.39, 0.29) is 5.75 Å². The van der Waals surface area contributed by atoms with Crippen LogP contribution < -0.4 is 10.2 Å². The van der Waals surface area contributed by atoms with Gasteiger partial charge in [-0.3, -0.25) is 4.79 Å². The van der Waals surface area contributed by atoms with E-state index in [0.29, 0.717) is 28.5 Å². The van der Waals surface area contributed by atoms with Crippen molar-refractivity contribution in [2.75, 3.05) is 6.61 Å². The number of para-hydroxylation sites is 1. The number of benzene rings is 2. The van der Waals surface area contributed by atoms with Crippen molar-refractivity contribution < 1.29 is 14.6 Å². The lowest BCUT2D eigenvalue weighted by Gasteiger charge is -2.08. The maximum absolute atomic E-state index is 12.1. The molecule has 2 rings (SSSR count). The van der Waals surface area contributed by atoms with Gasteiger partial charge in [-0.05, 0) is 37.3 Å². The average Bonchev–Trinajstić information content (AvgIpc) is 2.51. The van der Waals surface area contributed by atoms with Gasteiger partial charge in [-0.2, -0.15) is 5.10 Å². The monoisotopic (exact) mass is 318 g/mol. The van der Waals surface area contributed by atoms with E-state index in [1.807, 2.05) is 6.92 Å². The van der Waals surface area contributed by atoms with E-state index in [4.69, 9.17) is 16.3 Å². The van der Waals surface area contributed by atoms with Gasteiger partial charge in [-0.1, -0.05) is 23.7 Å². The molecule has 0 fully saturated rings. The van der Waals surface area contributed by atoms with Gasteiger partial charge >= 0.3 is 0 Å². The molecular formula is C16H15ClN2O3. The molecule has 0 heterocycles. The normalized spacial score (nSPS) is 10.6.